The van der Waals surface area contributed by atoms with E-state index in [1.807, 2.05) is 0 Å². The first kappa shape index (κ1) is 16.2. The molecule has 0 aliphatic rings. The summed E-state index contributed by atoms with van der Waals surface area (Å²) in [6.45, 7) is 10.0. The number of hydrogen-bond donors (Lipinski definition) is 2. The Morgan fingerprint density at radius 1 is 1.40 bits per heavy atom. The fourth-order valence-corrected chi connectivity index (χ4v) is 2.07. The molecule has 0 aromatic carbocycles. The van der Waals surface area contributed by atoms with Crippen LogP contribution in [0.25, 0.3) is 0 Å². The van der Waals surface area contributed by atoms with Crippen LogP contribution >= 0.6 is 0 Å². The van der Waals surface area contributed by atoms with Crippen molar-refractivity contribution in [3.8, 4) is 5.88 Å². The van der Waals surface area contributed by atoms with Gasteiger partial charge in [-0.15, -0.1) is 0 Å². The highest BCUT2D eigenvalue weighted by atomic mass is 16.5. The van der Waals surface area contributed by atoms with Crippen LogP contribution < -0.4 is 10.5 Å². The molecule has 0 bridgehead atoms. The molecule has 20 heavy (non-hydrogen) atoms. The van der Waals surface area contributed by atoms with Gasteiger partial charge in [-0.3, -0.25) is 4.90 Å². The Morgan fingerprint density at radius 3 is 2.60 bits per heavy atom. The smallest absolute Gasteiger partial charge is 0.213 e. The van der Waals surface area contributed by atoms with E-state index in [-0.39, 0.29) is 5.84 Å². The summed E-state index contributed by atoms with van der Waals surface area (Å²) in [6, 6.07) is 4.26. The maximum Gasteiger partial charge on any atom is 0.213 e. The minimum atomic E-state index is 0.0447. The van der Waals surface area contributed by atoms with Crippen molar-refractivity contribution >= 4 is 5.84 Å². The van der Waals surface area contributed by atoms with Gasteiger partial charge in [0.25, 0.3) is 0 Å². The lowest BCUT2D eigenvalue weighted by Gasteiger charge is -2.30. The molecule has 0 unspecified atom stereocenters. The van der Waals surface area contributed by atoms with E-state index in [0.717, 1.165) is 6.54 Å². The zero-order valence-corrected chi connectivity index (χ0v) is 12.6. The Bertz CT molecular complexity index is 439. The molecule has 0 fully saturated rings. The quantitative estimate of drug-likeness (QED) is 0.343. The minimum Gasteiger partial charge on any atom is -0.476 e. The van der Waals surface area contributed by atoms with Gasteiger partial charge in [-0.1, -0.05) is 5.16 Å². The van der Waals surface area contributed by atoms with E-state index in [4.69, 9.17) is 15.7 Å². The number of nitrogens with two attached hydrogens (primary N) is 1. The van der Waals surface area contributed by atoms with E-state index in [1.54, 1.807) is 18.3 Å². The Hall–Kier alpha value is -1.82. The molecule has 0 amide bonds. The number of rotatable bonds is 7. The minimum absolute atomic E-state index is 0.0447. The maximum atomic E-state index is 8.65. The molecule has 0 saturated carbocycles. The van der Waals surface area contributed by atoms with Gasteiger partial charge < -0.3 is 15.7 Å². The van der Waals surface area contributed by atoms with Crippen LogP contribution in [0.5, 0.6) is 5.88 Å². The number of hydrogen-bond acceptors (Lipinski definition) is 5. The lowest BCUT2D eigenvalue weighted by atomic mass is 10.2. The van der Waals surface area contributed by atoms with Crippen molar-refractivity contribution in [2.24, 2.45) is 10.9 Å². The number of pyridine rings is 1. The molecular formula is C14H24N4O2. The summed E-state index contributed by atoms with van der Waals surface area (Å²) in [6.07, 6.45) is 1.57. The molecule has 0 spiro atoms. The van der Waals surface area contributed by atoms with Crippen LogP contribution in [0.4, 0.5) is 0 Å². The van der Waals surface area contributed by atoms with E-state index >= 15 is 0 Å². The largest absolute Gasteiger partial charge is 0.476 e. The summed E-state index contributed by atoms with van der Waals surface area (Å²) in [5, 5.41) is 11.6. The zero-order chi connectivity index (χ0) is 15.1. The molecule has 1 heterocycles. The Labute approximate surface area is 120 Å². The van der Waals surface area contributed by atoms with E-state index in [1.165, 1.54) is 0 Å². The van der Waals surface area contributed by atoms with Gasteiger partial charge >= 0.3 is 0 Å². The van der Waals surface area contributed by atoms with Crippen molar-refractivity contribution in [2.45, 2.75) is 39.8 Å². The molecular weight excluding hydrogens is 256 g/mol. The van der Waals surface area contributed by atoms with Crippen LogP contribution in [0, 0.1) is 0 Å². The molecule has 6 nitrogen and oxygen atoms in total. The van der Waals surface area contributed by atoms with Crippen LogP contribution in [0.1, 0.15) is 33.3 Å². The van der Waals surface area contributed by atoms with Gasteiger partial charge in [0.1, 0.15) is 6.61 Å². The van der Waals surface area contributed by atoms with Crippen molar-refractivity contribution in [1.29, 1.82) is 0 Å². The van der Waals surface area contributed by atoms with Gasteiger partial charge in [-0.05, 0) is 33.8 Å². The third-order valence-corrected chi connectivity index (χ3v) is 3.06. The summed E-state index contributed by atoms with van der Waals surface area (Å²) in [5.74, 6) is 0.518. The topological polar surface area (TPSA) is 84.0 Å². The first-order valence-electron chi connectivity index (χ1n) is 6.78. The third kappa shape index (κ3) is 4.70. The van der Waals surface area contributed by atoms with Crippen LogP contribution in [0.15, 0.2) is 23.5 Å². The first-order chi connectivity index (χ1) is 9.45. The van der Waals surface area contributed by atoms with E-state index in [0.29, 0.717) is 30.1 Å². The Kier molecular flexibility index (Phi) is 6.24. The molecule has 0 aliphatic heterocycles. The second-order valence-electron chi connectivity index (χ2n) is 5.14. The van der Waals surface area contributed by atoms with Crippen molar-refractivity contribution in [2.75, 3.05) is 13.2 Å². The first-order valence-corrected chi connectivity index (χ1v) is 6.78. The normalized spacial score (nSPS) is 12.4. The number of oxime groups is 1. The van der Waals surface area contributed by atoms with Crippen LogP contribution in [0.2, 0.25) is 0 Å². The van der Waals surface area contributed by atoms with E-state index in [2.05, 4.69) is 42.7 Å². The van der Waals surface area contributed by atoms with Crippen molar-refractivity contribution in [3.05, 3.63) is 23.9 Å². The molecule has 1 aromatic rings. The molecule has 0 atom stereocenters. The van der Waals surface area contributed by atoms with Crippen molar-refractivity contribution in [1.82, 2.24) is 9.88 Å². The SMILES string of the molecule is CC(C)N(CCOc1cc(/C(N)=N/O)ccn1)C(C)C. The molecule has 1 aromatic heterocycles. The summed E-state index contributed by atoms with van der Waals surface area (Å²) in [7, 11) is 0. The molecule has 0 saturated heterocycles. The predicted octanol–water partition coefficient (Wildman–Crippen LogP) is 1.67. The monoisotopic (exact) mass is 280 g/mol. The average Bonchev–Trinajstić information content (AvgIpc) is 2.42. The number of aromatic nitrogens is 1. The molecule has 0 aliphatic carbocycles. The number of nitrogens with zero attached hydrogens (tertiary/aromatic N) is 3. The fourth-order valence-electron chi connectivity index (χ4n) is 2.07. The second kappa shape index (κ2) is 7.69. The summed E-state index contributed by atoms with van der Waals surface area (Å²) in [5.41, 5.74) is 6.11. The zero-order valence-electron chi connectivity index (χ0n) is 12.6. The van der Waals surface area contributed by atoms with Gasteiger partial charge in [0.05, 0.1) is 0 Å². The lowest BCUT2D eigenvalue weighted by molar-refractivity contribution is 0.140. The molecule has 3 N–H and O–H groups in total. The van der Waals surface area contributed by atoms with Crippen LogP contribution in [-0.4, -0.2) is 46.2 Å². The Morgan fingerprint density at radius 2 is 2.05 bits per heavy atom. The highest BCUT2D eigenvalue weighted by molar-refractivity contribution is 5.97. The van der Waals surface area contributed by atoms with Crippen LogP contribution in [0.3, 0.4) is 0 Å². The molecule has 112 valence electrons. The standard InChI is InChI=1S/C14H24N4O2/c1-10(2)18(11(3)4)7-8-20-13-9-12(5-6-16-13)14(15)17-19/h5-6,9-11,19H,7-8H2,1-4H3,(H2,15,17). The van der Waals surface area contributed by atoms with E-state index < -0.39 is 0 Å². The fraction of sp³-hybridized carbons (Fsp3) is 0.571. The Balaban J connectivity index is 2.58. The average molecular weight is 280 g/mol. The molecule has 6 heteroatoms. The predicted molar refractivity (Wildman–Crippen MR) is 79.2 cm³/mol. The molecule has 0 radical (unpaired) electrons. The summed E-state index contributed by atoms with van der Waals surface area (Å²) >= 11 is 0. The van der Waals surface area contributed by atoms with E-state index in [9.17, 15) is 0 Å². The van der Waals surface area contributed by atoms with Crippen molar-refractivity contribution in [3.63, 3.8) is 0 Å². The maximum absolute atomic E-state index is 8.65. The third-order valence-electron chi connectivity index (χ3n) is 3.06. The van der Waals surface area contributed by atoms with Gasteiger partial charge in [0, 0.05) is 36.5 Å². The summed E-state index contributed by atoms with van der Waals surface area (Å²) in [4.78, 5) is 6.45. The number of amidine groups is 1. The lowest BCUT2D eigenvalue weighted by Crippen LogP contribution is -2.39. The van der Waals surface area contributed by atoms with Crippen LogP contribution in [-0.2, 0) is 0 Å². The van der Waals surface area contributed by atoms with Gasteiger partial charge in [-0.2, -0.15) is 0 Å². The second-order valence-corrected chi connectivity index (χ2v) is 5.14. The highest BCUT2D eigenvalue weighted by Crippen LogP contribution is 2.10. The number of ether oxygens (including phenoxy) is 1. The van der Waals surface area contributed by atoms with Gasteiger partial charge in [-0.25, -0.2) is 4.98 Å². The van der Waals surface area contributed by atoms with Gasteiger partial charge in [0.2, 0.25) is 5.88 Å². The van der Waals surface area contributed by atoms with Crippen molar-refractivity contribution < 1.29 is 9.94 Å². The highest BCUT2D eigenvalue weighted by Gasteiger charge is 2.13. The summed E-state index contributed by atoms with van der Waals surface area (Å²) < 4.78 is 5.63. The van der Waals surface area contributed by atoms with Gasteiger partial charge in [0.15, 0.2) is 5.84 Å². The molecule has 1 rings (SSSR count).